The van der Waals surface area contributed by atoms with Crippen molar-refractivity contribution in [1.82, 2.24) is 20.1 Å². The molecule has 0 bridgehead atoms. The number of hydrogen-bond acceptors (Lipinski definition) is 6. The van der Waals surface area contributed by atoms with E-state index in [2.05, 4.69) is 39.6 Å². The summed E-state index contributed by atoms with van der Waals surface area (Å²) in [6, 6.07) is 12.0. The van der Waals surface area contributed by atoms with Crippen molar-refractivity contribution in [2.45, 2.75) is 26.3 Å². The summed E-state index contributed by atoms with van der Waals surface area (Å²) in [6.07, 6.45) is 4.32. The molecule has 0 aliphatic carbocycles. The molecule has 2 amide bonds. The average Bonchev–Trinajstić information content (AvgIpc) is 3.29. The Morgan fingerprint density at radius 1 is 1.24 bits per heavy atom. The highest BCUT2D eigenvalue weighted by molar-refractivity contribution is 7.15. The second-order valence-corrected chi connectivity index (χ2v) is 8.25. The third-order valence-corrected chi connectivity index (χ3v) is 5.66. The van der Waals surface area contributed by atoms with Gasteiger partial charge in [0.1, 0.15) is 5.01 Å². The Balaban J connectivity index is 1.34. The van der Waals surface area contributed by atoms with E-state index in [0.717, 1.165) is 16.1 Å². The van der Waals surface area contributed by atoms with Gasteiger partial charge >= 0.3 is 0 Å². The highest BCUT2D eigenvalue weighted by Gasteiger charge is 2.34. The summed E-state index contributed by atoms with van der Waals surface area (Å²) in [4.78, 5) is 30.7. The van der Waals surface area contributed by atoms with E-state index in [-0.39, 0.29) is 24.2 Å². The molecule has 148 valence electrons. The lowest BCUT2D eigenvalue weighted by Gasteiger charge is -2.16. The van der Waals surface area contributed by atoms with Gasteiger partial charge in [-0.2, -0.15) is 0 Å². The normalized spacial score (nSPS) is 16.2. The van der Waals surface area contributed by atoms with Crippen LogP contribution in [0.5, 0.6) is 0 Å². The molecule has 8 heteroatoms. The lowest BCUT2D eigenvalue weighted by molar-refractivity contribution is -0.128. The Kier molecular flexibility index (Phi) is 5.62. The summed E-state index contributed by atoms with van der Waals surface area (Å²) >= 11 is 1.36. The largest absolute Gasteiger partial charge is 0.337 e. The molecule has 1 N–H and O–H groups in total. The molecule has 3 heterocycles. The number of rotatable bonds is 6. The average molecular weight is 407 g/mol. The minimum absolute atomic E-state index is 0.0218. The van der Waals surface area contributed by atoms with Gasteiger partial charge in [0.05, 0.1) is 5.92 Å². The van der Waals surface area contributed by atoms with Crippen molar-refractivity contribution in [2.24, 2.45) is 5.92 Å². The third kappa shape index (κ3) is 4.83. The zero-order valence-electron chi connectivity index (χ0n) is 16.0. The highest BCUT2D eigenvalue weighted by Crippen LogP contribution is 2.24. The fraction of sp³-hybridized carbons (Fsp3) is 0.286. The van der Waals surface area contributed by atoms with Gasteiger partial charge in [-0.3, -0.25) is 14.6 Å². The summed E-state index contributed by atoms with van der Waals surface area (Å²) in [5, 5.41) is 12.4. The molecular weight excluding hydrogens is 386 g/mol. The predicted octanol–water partition coefficient (Wildman–Crippen LogP) is 2.82. The van der Waals surface area contributed by atoms with Crippen LogP contribution in [0.15, 0.2) is 48.8 Å². The number of carbonyl (C=O) groups is 2. The molecule has 0 saturated carbocycles. The minimum atomic E-state index is -0.386. The Labute approximate surface area is 172 Å². The number of carbonyl (C=O) groups excluding carboxylic acids is 2. The molecule has 29 heavy (non-hydrogen) atoms. The van der Waals surface area contributed by atoms with Crippen LogP contribution in [0.4, 0.5) is 5.13 Å². The van der Waals surface area contributed by atoms with E-state index in [1.807, 2.05) is 24.3 Å². The molecule has 7 nitrogen and oxygen atoms in total. The molecule has 2 aromatic heterocycles. The molecule has 1 fully saturated rings. The Morgan fingerprint density at radius 3 is 2.90 bits per heavy atom. The van der Waals surface area contributed by atoms with Crippen molar-refractivity contribution in [3.05, 3.63) is 70.5 Å². The van der Waals surface area contributed by atoms with Crippen LogP contribution < -0.4 is 5.32 Å². The van der Waals surface area contributed by atoms with Crippen LogP contribution in [0, 0.1) is 12.8 Å². The van der Waals surface area contributed by atoms with Gasteiger partial charge < -0.3 is 10.2 Å². The van der Waals surface area contributed by atoms with Crippen LogP contribution in [0.3, 0.4) is 0 Å². The molecule has 3 aromatic rings. The summed E-state index contributed by atoms with van der Waals surface area (Å²) in [5.41, 5.74) is 3.31. The first-order chi connectivity index (χ1) is 14.1. The number of aryl methyl sites for hydroxylation is 1. The van der Waals surface area contributed by atoms with E-state index >= 15 is 0 Å². The molecule has 1 aliphatic rings. The van der Waals surface area contributed by atoms with Gasteiger partial charge in [-0.15, -0.1) is 10.2 Å². The number of benzene rings is 1. The maximum atomic E-state index is 12.6. The number of hydrogen-bond donors (Lipinski definition) is 1. The second-order valence-electron chi connectivity index (χ2n) is 7.19. The van der Waals surface area contributed by atoms with Crippen LogP contribution >= 0.6 is 11.3 Å². The number of likely N-dealkylation sites (tertiary alicyclic amines) is 1. The molecule has 1 unspecified atom stereocenters. The van der Waals surface area contributed by atoms with Crippen LogP contribution in [0.1, 0.15) is 28.1 Å². The molecule has 4 rings (SSSR count). The number of nitrogens with zero attached hydrogens (tertiary/aromatic N) is 4. The topological polar surface area (TPSA) is 88.1 Å². The van der Waals surface area contributed by atoms with Gasteiger partial charge in [-0.25, -0.2) is 0 Å². The number of aromatic nitrogens is 3. The van der Waals surface area contributed by atoms with Gasteiger partial charge in [-0.05, 0) is 24.1 Å². The van der Waals surface area contributed by atoms with E-state index in [1.165, 1.54) is 16.9 Å². The second kappa shape index (κ2) is 8.48. The van der Waals surface area contributed by atoms with Gasteiger partial charge in [0.15, 0.2) is 0 Å². The molecule has 0 spiro atoms. The molecule has 0 radical (unpaired) electrons. The quantitative estimate of drug-likeness (QED) is 0.679. The maximum absolute atomic E-state index is 12.6. The lowest BCUT2D eigenvalue weighted by Crippen LogP contribution is -2.28. The number of nitrogens with one attached hydrogen (secondary N) is 1. The first-order valence-corrected chi connectivity index (χ1v) is 10.2. The Bertz CT molecular complexity index is 1020. The van der Waals surface area contributed by atoms with Crippen molar-refractivity contribution in [2.75, 3.05) is 11.9 Å². The van der Waals surface area contributed by atoms with E-state index in [0.29, 0.717) is 24.6 Å². The Morgan fingerprint density at radius 2 is 2.10 bits per heavy atom. The van der Waals surface area contributed by atoms with Gasteiger partial charge in [-0.1, -0.05) is 47.2 Å². The zero-order valence-corrected chi connectivity index (χ0v) is 16.9. The van der Waals surface area contributed by atoms with Gasteiger partial charge in [0.25, 0.3) is 0 Å². The third-order valence-electron chi connectivity index (χ3n) is 4.82. The summed E-state index contributed by atoms with van der Waals surface area (Å²) in [7, 11) is 0. The SMILES string of the molecule is Cc1cccc(Cc2nnc(NC(=O)C3CC(=O)N(Cc4cccnc4)C3)s2)c1. The van der Waals surface area contributed by atoms with Crippen LogP contribution in [0.2, 0.25) is 0 Å². The minimum Gasteiger partial charge on any atom is -0.337 e. The number of anilines is 1. The van der Waals surface area contributed by atoms with E-state index in [1.54, 1.807) is 17.3 Å². The lowest BCUT2D eigenvalue weighted by atomic mass is 10.1. The van der Waals surface area contributed by atoms with Crippen LogP contribution in [0.25, 0.3) is 0 Å². The molecular formula is C21H21N5O2S. The van der Waals surface area contributed by atoms with E-state index in [9.17, 15) is 9.59 Å². The van der Waals surface area contributed by atoms with Crippen molar-refractivity contribution in [3.63, 3.8) is 0 Å². The molecule has 1 aliphatic heterocycles. The van der Waals surface area contributed by atoms with Crippen molar-refractivity contribution < 1.29 is 9.59 Å². The summed E-state index contributed by atoms with van der Waals surface area (Å²) in [5.74, 6) is -0.597. The van der Waals surface area contributed by atoms with Crippen LogP contribution in [-0.4, -0.2) is 38.4 Å². The standard InChI is InChI=1S/C21H21N5O2S/c1-14-4-2-5-15(8-14)9-18-24-25-21(29-18)23-20(28)17-10-19(27)26(13-17)12-16-6-3-7-22-11-16/h2-8,11,17H,9-10,12-13H2,1H3,(H,23,25,28). The van der Waals surface area contributed by atoms with Gasteiger partial charge in [0, 0.05) is 38.3 Å². The molecule has 1 saturated heterocycles. The monoisotopic (exact) mass is 407 g/mol. The Hall–Kier alpha value is -3.13. The first kappa shape index (κ1) is 19.2. The van der Waals surface area contributed by atoms with Crippen molar-refractivity contribution in [1.29, 1.82) is 0 Å². The van der Waals surface area contributed by atoms with E-state index in [4.69, 9.17) is 0 Å². The molecule has 1 atom stereocenters. The number of pyridine rings is 1. The van der Waals surface area contributed by atoms with E-state index < -0.39 is 0 Å². The predicted molar refractivity (Wildman–Crippen MR) is 110 cm³/mol. The summed E-state index contributed by atoms with van der Waals surface area (Å²) < 4.78 is 0. The molecule has 1 aromatic carbocycles. The smallest absolute Gasteiger partial charge is 0.231 e. The van der Waals surface area contributed by atoms with Crippen LogP contribution in [-0.2, 0) is 22.6 Å². The first-order valence-electron chi connectivity index (χ1n) is 9.42. The van der Waals surface area contributed by atoms with Gasteiger partial charge in [0.2, 0.25) is 16.9 Å². The van der Waals surface area contributed by atoms with Crippen molar-refractivity contribution >= 4 is 28.3 Å². The highest BCUT2D eigenvalue weighted by atomic mass is 32.1. The number of amides is 2. The zero-order chi connectivity index (χ0) is 20.2. The van der Waals surface area contributed by atoms with Crippen molar-refractivity contribution in [3.8, 4) is 0 Å². The fourth-order valence-electron chi connectivity index (χ4n) is 3.39. The summed E-state index contributed by atoms with van der Waals surface area (Å²) in [6.45, 7) is 2.92. The maximum Gasteiger partial charge on any atom is 0.231 e. The fourth-order valence-corrected chi connectivity index (χ4v) is 4.17.